The van der Waals surface area contributed by atoms with E-state index in [2.05, 4.69) is 30.3 Å². The van der Waals surface area contributed by atoms with Gasteiger partial charge in [0.05, 0.1) is 6.57 Å². The Kier molecular flexibility index (Phi) is 4.20. The number of halogens is 2. The van der Waals surface area contributed by atoms with Gasteiger partial charge in [-0.2, -0.15) is 5.10 Å². The molecule has 1 saturated carbocycles. The van der Waals surface area contributed by atoms with Crippen LogP contribution in [-0.4, -0.2) is 20.2 Å². The summed E-state index contributed by atoms with van der Waals surface area (Å²) < 4.78 is 34.9. The number of H-pyrrole nitrogens is 1. The Balaban J connectivity index is 1.47. The van der Waals surface area contributed by atoms with Crippen LogP contribution in [0.2, 0.25) is 0 Å². The summed E-state index contributed by atoms with van der Waals surface area (Å²) in [5, 5.41) is 10.1. The quantitative estimate of drug-likeness (QED) is 0.555. The van der Waals surface area contributed by atoms with E-state index in [0.717, 1.165) is 30.2 Å². The molecule has 2 aromatic heterocycles. The van der Waals surface area contributed by atoms with Crippen LogP contribution in [0, 0.1) is 18.2 Å². The first kappa shape index (κ1) is 18.2. The molecule has 2 aliphatic rings. The van der Waals surface area contributed by atoms with Crippen molar-refractivity contribution in [1.29, 1.82) is 0 Å². The lowest BCUT2D eigenvalue weighted by Gasteiger charge is -2.12. The summed E-state index contributed by atoms with van der Waals surface area (Å²) in [5.41, 5.74) is 2.30. The fourth-order valence-corrected chi connectivity index (χ4v) is 3.50. The highest BCUT2D eigenvalue weighted by Gasteiger charge is 2.26. The molecular formula is C21H16F2N6O. The fraction of sp³-hybridized carbons (Fsp3) is 0.238. The summed E-state index contributed by atoms with van der Waals surface area (Å²) in [5.74, 6) is -0.583. The third-order valence-electron chi connectivity index (χ3n) is 5.14. The van der Waals surface area contributed by atoms with Crippen molar-refractivity contribution in [2.24, 2.45) is 0 Å². The molecule has 0 bridgehead atoms. The Hall–Kier alpha value is -3.80. The first-order valence-corrected chi connectivity index (χ1v) is 9.44. The predicted octanol–water partition coefficient (Wildman–Crippen LogP) is 5.40. The number of hydrogen-bond acceptors (Lipinski definition) is 5. The van der Waals surface area contributed by atoms with Gasteiger partial charge in [-0.15, -0.1) is 0 Å². The summed E-state index contributed by atoms with van der Waals surface area (Å²) in [6.07, 6.45) is 5.39. The zero-order valence-corrected chi connectivity index (χ0v) is 16.0. The van der Waals surface area contributed by atoms with Crippen LogP contribution in [0.1, 0.15) is 42.5 Å². The molecule has 2 heterocycles. The summed E-state index contributed by atoms with van der Waals surface area (Å²) in [6.45, 7) is 9.31. The number of hydrogen-bond donors (Lipinski definition) is 2. The van der Waals surface area contributed by atoms with Gasteiger partial charge in [-0.25, -0.2) is 23.6 Å². The molecule has 1 aromatic carbocycles. The topological polar surface area (TPSA) is 80.1 Å². The van der Waals surface area contributed by atoms with Gasteiger partial charge in [-0.05, 0) is 26.2 Å². The van der Waals surface area contributed by atoms with Gasteiger partial charge < -0.3 is 10.1 Å². The van der Waals surface area contributed by atoms with E-state index in [9.17, 15) is 8.78 Å². The molecule has 9 heteroatoms. The SMILES string of the molecule is [C-]#[N+]c1c(Nc2cc(C3CC3)[nH]n2)ncnc1Oc1cc(F)c2c(c1F)C=C(C)C2. The van der Waals surface area contributed by atoms with Crippen LogP contribution in [0.3, 0.4) is 0 Å². The third kappa shape index (κ3) is 3.16. The molecule has 3 aromatic rings. The monoisotopic (exact) mass is 406 g/mol. The van der Waals surface area contributed by atoms with Gasteiger partial charge in [-0.3, -0.25) is 5.10 Å². The highest BCUT2D eigenvalue weighted by Crippen LogP contribution is 2.42. The van der Waals surface area contributed by atoms with E-state index < -0.39 is 11.6 Å². The third-order valence-corrected chi connectivity index (χ3v) is 5.14. The second-order valence-corrected chi connectivity index (χ2v) is 7.43. The molecule has 0 radical (unpaired) electrons. The number of rotatable bonds is 5. The summed E-state index contributed by atoms with van der Waals surface area (Å²) in [4.78, 5) is 11.5. The molecule has 0 spiro atoms. The molecule has 2 N–H and O–H groups in total. The first-order valence-electron chi connectivity index (χ1n) is 9.44. The number of allylic oxidation sites excluding steroid dienone is 1. The second-order valence-electron chi connectivity index (χ2n) is 7.43. The Morgan fingerprint density at radius 3 is 2.87 bits per heavy atom. The number of nitrogens with zero attached hydrogens (tertiary/aromatic N) is 4. The summed E-state index contributed by atoms with van der Waals surface area (Å²) >= 11 is 0. The van der Waals surface area contributed by atoms with Crippen molar-refractivity contribution >= 4 is 23.4 Å². The highest BCUT2D eigenvalue weighted by atomic mass is 19.1. The van der Waals surface area contributed by atoms with Gasteiger partial charge in [0.15, 0.2) is 17.4 Å². The van der Waals surface area contributed by atoms with Crippen molar-refractivity contribution in [3.63, 3.8) is 0 Å². The molecule has 30 heavy (non-hydrogen) atoms. The van der Waals surface area contributed by atoms with Gasteiger partial charge >= 0.3 is 0 Å². The largest absolute Gasteiger partial charge is 0.446 e. The van der Waals surface area contributed by atoms with Crippen LogP contribution < -0.4 is 10.1 Å². The van der Waals surface area contributed by atoms with Crippen LogP contribution in [0.25, 0.3) is 10.9 Å². The van der Waals surface area contributed by atoms with E-state index >= 15 is 0 Å². The van der Waals surface area contributed by atoms with Gasteiger partial charge in [-0.1, -0.05) is 11.6 Å². The van der Waals surface area contributed by atoms with Crippen molar-refractivity contribution in [3.8, 4) is 11.6 Å². The Labute approximate surface area is 170 Å². The van der Waals surface area contributed by atoms with Crippen LogP contribution in [0.5, 0.6) is 11.6 Å². The van der Waals surface area contributed by atoms with Gasteiger partial charge in [0.25, 0.3) is 5.69 Å². The predicted molar refractivity (Wildman–Crippen MR) is 106 cm³/mol. The molecule has 0 aliphatic heterocycles. The lowest BCUT2D eigenvalue weighted by molar-refractivity contribution is 0.422. The van der Waals surface area contributed by atoms with E-state index in [1.165, 1.54) is 6.33 Å². The molecule has 150 valence electrons. The summed E-state index contributed by atoms with van der Waals surface area (Å²) in [6, 6.07) is 2.84. The molecule has 7 nitrogen and oxygen atoms in total. The molecular weight excluding hydrogens is 390 g/mol. The second kappa shape index (κ2) is 6.91. The standard InChI is InChI=1S/C21H16F2N6O/c1-10-5-12-13(6-10)18(23)16(7-14(12)22)30-21-19(24-2)20(25-9-26-21)27-17-8-15(28-29-17)11-3-4-11/h6-9,11H,3-5H2,1H3,(H2,25,26,27,28,29). The average molecular weight is 406 g/mol. The van der Waals surface area contributed by atoms with Crippen molar-refractivity contribution in [2.45, 2.75) is 32.1 Å². The lowest BCUT2D eigenvalue weighted by atomic mass is 10.1. The molecule has 0 atom stereocenters. The van der Waals surface area contributed by atoms with Crippen molar-refractivity contribution < 1.29 is 13.5 Å². The molecule has 0 saturated heterocycles. The van der Waals surface area contributed by atoms with E-state index in [0.29, 0.717) is 23.7 Å². The first-order chi connectivity index (χ1) is 14.5. The number of aromatic amines is 1. The number of fused-ring (bicyclic) bond motifs is 1. The minimum atomic E-state index is -0.686. The maximum Gasteiger partial charge on any atom is 0.288 e. The van der Waals surface area contributed by atoms with Gasteiger partial charge in [0.2, 0.25) is 5.88 Å². The zero-order valence-electron chi connectivity index (χ0n) is 16.0. The molecule has 0 amide bonds. The molecule has 5 rings (SSSR count). The van der Waals surface area contributed by atoms with Gasteiger partial charge in [0.1, 0.15) is 18.0 Å². The number of ether oxygens (including phenoxy) is 1. The van der Waals surface area contributed by atoms with Crippen molar-refractivity contribution in [1.82, 2.24) is 20.2 Å². The Morgan fingerprint density at radius 1 is 1.27 bits per heavy atom. The van der Waals surface area contributed by atoms with Crippen molar-refractivity contribution in [3.05, 3.63) is 63.9 Å². The molecule has 2 aliphatic carbocycles. The van der Waals surface area contributed by atoms with Crippen LogP contribution in [-0.2, 0) is 6.42 Å². The van der Waals surface area contributed by atoms with E-state index in [1.54, 1.807) is 6.08 Å². The molecule has 1 fully saturated rings. The van der Waals surface area contributed by atoms with E-state index in [1.807, 2.05) is 13.0 Å². The number of benzene rings is 1. The number of anilines is 2. The van der Waals surface area contributed by atoms with Crippen LogP contribution in [0.4, 0.5) is 26.1 Å². The van der Waals surface area contributed by atoms with Crippen LogP contribution in [0.15, 0.2) is 24.0 Å². The van der Waals surface area contributed by atoms with Gasteiger partial charge in [0, 0.05) is 34.9 Å². The van der Waals surface area contributed by atoms with E-state index in [4.69, 9.17) is 11.3 Å². The fourth-order valence-electron chi connectivity index (χ4n) is 3.50. The Morgan fingerprint density at radius 2 is 2.10 bits per heavy atom. The average Bonchev–Trinajstić information content (AvgIpc) is 3.34. The lowest BCUT2D eigenvalue weighted by Crippen LogP contribution is -2.01. The zero-order chi connectivity index (χ0) is 20.8. The number of nitrogens with one attached hydrogen (secondary N) is 2. The Bertz CT molecular complexity index is 1240. The minimum Gasteiger partial charge on any atom is -0.446 e. The minimum absolute atomic E-state index is 0.0551. The van der Waals surface area contributed by atoms with Crippen molar-refractivity contribution in [2.75, 3.05) is 5.32 Å². The smallest absolute Gasteiger partial charge is 0.288 e. The normalized spacial score (nSPS) is 14.8. The maximum absolute atomic E-state index is 14.9. The van der Waals surface area contributed by atoms with E-state index in [-0.39, 0.29) is 28.7 Å². The summed E-state index contributed by atoms with van der Waals surface area (Å²) in [7, 11) is 0. The van der Waals surface area contributed by atoms with Crippen LogP contribution >= 0.6 is 0 Å². The maximum atomic E-state index is 14.9. The molecule has 0 unspecified atom stereocenters. The highest BCUT2D eigenvalue weighted by molar-refractivity contribution is 5.75. The number of aromatic nitrogens is 4.